The molecule has 0 aliphatic rings. The monoisotopic (exact) mass is 573 g/mol. The van der Waals surface area contributed by atoms with E-state index in [9.17, 15) is 22.4 Å². The first kappa shape index (κ1) is 29.5. The van der Waals surface area contributed by atoms with E-state index in [0.29, 0.717) is 0 Å². The van der Waals surface area contributed by atoms with Crippen LogP contribution in [0.4, 0.5) is 10.1 Å². The fourth-order valence-electron chi connectivity index (χ4n) is 4.47. The largest absolute Gasteiger partial charge is 0.357 e. The molecule has 4 aromatic carbocycles. The van der Waals surface area contributed by atoms with Crippen molar-refractivity contribution in [3.8, 4) is 0 Å². The fourth-order valence-corrected chi connectivity index (χ4v) is 5.89. The average molecular weight is 574 g/mol. The van der Waals surface area contributed by atoms with E-state index < -0.39 is 34.3 Å². The SMILES string of the molecule is CNC(=O)C(Cc1ccccc1)N(Cc1ccccc1)C(=O)CN(c1ccc(F)cc1)S(=O)(=O)c1ccc(C)cc1. The average Bonchev–Trinajstić information content (AvgIpc) is 2.99. The number of hydrogen-bond acceptors (Lipinski definition) is 4. The van der Waals surface area contributed by atoms with Crippen molar-refractivity contribution in [2.45, 2.75) is 30.8 Å². The number of hydrogen-bond donors (Lipinski definition) is 1. The van der Waals surface area contributed by atoms with E-state index in [1.807, 2.05) is 67.6 Å². The molecule has 1 unspecified atom stereocenters. The molecular weight excluding hydrogens is 541 g/mol. The van der Waals surface area contributed by atoms with E-state index in [-0.39, 0.29) is 29.5 Å². The number of amides is 2. The summed E-state index contributed by atoms with van der Waals surface area (Å²) >= 11 is 0. The Morgan fingerprint density at radius 2 is 1.37 bits per heavy atom. The summed E-state index contributed by atoms with van der Waals surface area (Å²) < 4.78 is 42.5. The zero-order chi connectivity index (χ0) is 29.4. The lowest BCUT2D eigenvalue weighted by molar-refractivity contribution is -0.139. The van der Waals surface area contributed by atoms with Crippen LogP contribution < -0.4 is 9.62 Å². The Morgan fingerprint density at radius 1 is 0.805 bits per heavy atom. The van der Waals surface area contributed by atoms with Crippen LogP contribution in [0.3, 0.4) is 0 Å². The Hall–Kier alpha value is -4.50. The highest BCUT2D eigenvalue weighted by atomic mass is 32.2. The van der Waals surface area contributed by atoms with E-state index in [1.54, 1.807) is 12.1 Å². The molecule has 212 valence electrons. The molecule has 0 aromatic heterocycles. The molecule has 0 radical (unpaired) electrons. The summed E-state index contributed by atoms with van der Waals surface area (Å²) in [6, 6.07) is 28.7. The number of halogens is 1. The molecule has 0 spiro atoms. The molecule has 2 amide bonds. The second-order valence-electron chi connectivity index (χ2n) is 9.63. The summed E-state index contributed by atoms with van der Waals surface area (Å²) in [5.74, 6) is -1.51. The molecule has 41 heavy (non-hydrogen) atoms. The molecule has 1 atom stereocenters. The maximum Gasteiger partial charge on any atom is 0.264 e. The van der Waals surface area contributed by atoms with Crippen molar-refractivity contribution in [3.05, 3.63) is 132 Å². The minimum atomic E-state index is -4.23. The Bertz CT molecular complexity index is 1560. The molecule has 1 N–H and O–H groups in total. The van der Waals surface area contributed by atoms with Gasteiger partial charge >= 0.3 is 0 Å². The summed E-state index contributed by atoms with van der Waals surface area (Å²) in [7, 11) is -2.73. The van der Waals surface area contributed by atoms with Gasteiger partial charge in [-0.05, 0) is 54.4 Å². The number of rotatable bonds is 11. The Labute approximate surface area is 240 Å². The van der Waals surface area contributed by atoms with Crippen molar-refractivity contribution in [2.75, 3.05) is 17.9 Å². The molecule has 0 heterocycles. The summed E-state index contributed by atoms with van der Waals surface area (Å²) in [4.78, 5) is 28.8. The van der Waals surface area contributed by atoms with Crippen molar-refractivity contribution in [3.63, 3.8) is 0 Å². The van der Waals surface area contributed by atoms with Crippen molar-refractivity contribution >= 4 is 27.5 Å². The lowest BCUT2D eigenvalue weighted by atomic mass is 10.0. The Morgan fingerprint density at radius 3 is 1.93 bits per heavy atom. The van der Waals surface area contributed by atoms with Crippen LogP contribution in [0, 0.1) is 12.7 Å². The standard InChI is InChI=1S/C32H32FN3O4S/c1-24-13-19-29(20-14-24)41(39,40)36(28-17-15-27(33)16-18-28)23-31(37)35(22-26-11-7-4-8-12-26)30(32(38)34-2)21-25-9-5-3-6-10-25/h3-20,30H,21-23H2,1-2H3,(H,34,38). The molecular formula is C32H32FN3O4S. The van der Waals surface area contributed by atoms with Gasteiger partial charge in [-0.1, -0.05) is 78.4 Å². The molecule has 4 aromatic rings. The molecule has 4 rings (SSSR count). The molecule has 0 bridgehead atoms. The van der Waals surface area contributed by atoms with Crippen LogP contribution in [0.25, 0.3) is 0 Å². The van der Waals surface area contributed by atoms with Gasteiger partial charge in [-0.25, -0.2) is 12.8 Å². The topological polar surface area (TPSA) is 86.8 Å². The third-order valence-electron chi connectivity index (χ3n) is 6.72. The van der Waals surface area contributed by atoms with Crippen molar-refractivity contribution in [1.29, 1.82) is 0 Å². The van der Waals surface area contributed by atoms with E-state index in [4.69, 9.17) is 0 Å². The third kappa shape index (κ3) is 7.37. The molecule has 7 nitrogen and oxygen atoms in total. The van der Waals surface area contributed by atoms with Crippen LogP contribution in [0.2, 0.25) is 0 Å². The van der Waals surface area contributed by atoms with Crippen LogP contribution in [-0.2, 0) is 32.6 Å². The summed E-state index contributed by atoms with van der Waals surface area (Å²) in [5.41, 5.74) is 2.61. The predicted molar refractivity (Wildman–Crippen MR) is 157 cm³/mol. The van der Waals surface area contributed by atoms with Gasteiger partial charge in [0.1, 0.15) is 18.4 Å². The quantitative estimate of drug-likeness (QED) is 0.282. The number of benzene rings is 4. The number of carbonyl (C=O) groups is 2. The Balaban J connectivity index is 1.77. The zero-order valence-corrected chi connectivity index (χ0v) is 23.7. The van der Waals surface area contributed by atoms with Gasteiger partial charge in [-0.2, -0.15) is 0 Å². The summed E-state index contributed by atoms with van der Waals surface area (Å²) in [5, 5.41) is 2.65. The van der Waals surface area contributed by atoms with Crippen molar-refractivity contribution in [2.24, 2.45) is 0 Å². The zero-order valence-electron chi connectivity index (χ0n) is 22.9. The molecule has 0 saturated carbocycles. The number of anilines is 1. The number of aryl methyl sites for hydroxylation is 1. The number of likely N-dealkylation sites (N-methyl/N-ethyl adjacent to an activating group) is 1. The molecule has 9 heteroatoms. The Kier molecular flexibility index (Phi) is 9.52. The second-order valence-corrected chi connectivity index (χ2v) is 11.5. The third-order valence-corrected chi connectivity index (χ3v) is 8.50. The smallest absolute Gasteiger partial charge is 0.264 e. The highest BCUT2D eigenvalue weighted by molar-refractivity contribution is 7.92. The second kappa shape index (κ2) is 13.2. The van der Waals surface area contributed by atoms with Gasteiger partial charge in [0.05, 0.1) is 10.6 Å². The van der Waals surface area contributed by atoms with Crippen molar-refractivity contribution in [1.82, 2.24) is 10.2 Å². The van der Waals surface area contributed by atoms with Crippen LogP contribution in [-0.4, -0.2) is 44.8 Å². The normalized spacial score (nSPS) is 11.9. The summed E-state index contributed by atoms with van der Waals surface area (Å²) in [6.45, 7) is 1.31. The number of nitrogens with zero attached hydrogens (tertiary/aromatic N) is 2. The first-order valence-electron chi connectivity index (χ1n) is 13.1. The maximum absolute atomic E-state index is 14.1. The first-order valence-corrected chi connectivity index (χ1v) is 14.6. The fraction of sp³-hybridized carbons (Fsp3) is 0.188. The van der Waals surface area contributed by atoms with E-state index in [0.717, 1.165) is 33.1 Å². The van der Waals surface area contributed by atoms with Crippen LogP contribution in [0.5, 0.6) is 0 Å². The molecule has 0 fully saturated rings. The van der Waals surface area contributed by atoms with Crippen LogP contribution in [0.1, 0.15) is 16.7 Å². The highest BCUT2D eigenvalue weighted by Crippen LogP contribution is 2.25. The van der Waals surface area contributed by atoms with Gasteiger partial charge in [-0.3, -0.25) is 13.9 Å². The minimum Gasteiger partial charge on any atom is -0.357 e. The van der Waals surface area contributed by atoms with Gasteiger partial charge in [0.25, 0.3) is 10.0 Å². The van der Waals surface area contributed by atoms with Crippen LogP contribution in [0.15, 0.2) is 114 Å². The van der Waals surface area contributed by atoms with Crippen molar-refractivity contribution < 1.29 is 22.4 Å². The van der Waals surface area contributed by atoms with E-state index in [2.05, 4.69) is 5.32 Å². The number of carbonyl (C=O) groups excluding carboxylic acids is 2. The van der Waals surface area contributed by atoms with Crippen LogP contribution >= 0.6 is 0 Å². The van der Waals surface area contributed by atoms with Gasteiger partial charge < -0.3 is 10.2 Å². The van der Waals surface area contributed by atoms with Gasteiger partial charge in [0.15, 0.2) is 0 Å². The summed E-state index contributed by atoms with van der Waals surface area (Å²) in [6.07, 6.45) is 0.223. The maximum atomic E-state index is 14.1. The highest BCUT2D eigenvalue weighted by Gasteiger charge is 2.34. The van der Waals surface area contributed by atoms with Gasteiger partial charge in [-0.15, -0.1) is 0 Å². The molecule has 0 saturated heterocycles. The number of sulfonamides is 1. The lowest BCUT2D eigenvalue weighted by Crippen LogP contribution is -2.53. The lowest BCUT2D eigenvalue weighted by Gasteiger charge is -2.33. The molecule has 0 aliphatic carbocycles. The van der Waals surface area contributed by atoms with E-state index in [1.165, 1.54) is 36.2 Å². The number of nitrogens with one attached hydrogen (secondary N) is 1. The van der Waals surface area contributed by atoms with Gasteiger partial charge in [0, 0.05) is 20.0 Å². The minimum absolute atomic E-state index is 0.0121. The predicted octanol–water partition coefficient (Wildman–Crippen LogP) is 4.72. The first-order chi connectivity index (χ1) is 19.7. The van der Waals surface area contributed by atoms with E-state index >= 15 is 0 Å². The molecule has 0 aliphatic heterocycles. The van der Waals surface area contributed by atoms with Gasteiger partial charge in [0.2, 0.25) is 11.8 Å².